The molecule has 2 heterocycles. The minimum atomic E-state index is -0.0574. The highest BCUT2D eigenvalue weighted by molar-refractivity contribution is 7.14. The van der Waals surface area contributed by atoms with E-state index in [1.54, 1.807) is 4.90 Å². The predicted octanol–water partition coefficient (Wildman–Crippen LogP) is 3.03. The van der Waals surface area contributed by atoms with Gasteiger partial charge in [-0.25, -0.2) is 4.98 Å². The largest absolute Gasteiger partial charge is 0.483 e. The Kier molecular flexibility index (Phi) is 7.00. The highest BCUT2D eigenvalue weighted by atomic mass is 32.1. The fourth-order valence-corrected chi connectivity index (χ4v) is 3.57. The van der Waals surface area contributed by atoms with Gasteiger partial charge in [0.1, 0.15) is 5.75 Å². The number of carbonyl (C=O) groups excluding carboxylic acids is 2. The molecule has 1 aromatic heterocycles. The summed E-state index contributed by atoms with van der Waals surface area (Å²) < 4.78 is 11.1. The van der Waals surface area contributed by atoms with E-state index < -0.39 is 0 Å². The average molecular weight is 404 g/mol. The lowest BCUT2D eigenvalue weighted by Gasteiger charge is -2.26. The summed E-state index contributed by atoms with van der Waals surface area (Å²) >= 11 is 1.37. The SMILES string of the molecule is CC(C)CC(=O)Nc1nc(-c2ccccc2OCC(=O)N2CCOCC2)cs1. The van der Waals surface area contributed by atoms with Gasteiger partial charge in [0.05, 0.1) is 18.9 Å². The molecule has 2 amide bonds. The number of thiazole rings is 1. The number of hydrogen-bond acceptors (Lipinski definition) is 6. The molecular formula is C20H25N3O4S. The molecule has 28 heavy (non-hydrogen) atoms. The highest BCUT2D eigenvalue weighted by Gasteiger charge is 2.18. The Morgan fingerprint density at radius 1 is 1.29 bits per heavy atom. The Hall–Kier alpha value is -2.45. The van der Waals surface area contributed by atoms with Gasteiger partial charge in [-0.3, -0.25) is 9.59 Å². The molecule has 0 bridgehead atoms. The first kappa shape index (κ1) is 20.3. The zero-order valence-electron chi connectivity index (χ0n) is 16.1. The lowest BCUT2D eigenvalue weighted by Crippen LogP contribution is -2.43. The van der Waals surface area contributed by atoms with Crippen molar-refractivity contribution in [2.75, 3.05) is 38.2 Å². The number of nitrogens with one attached hydrogen (secondary N) is 1. The molecule has 2 aromatic rings. The Morgan fingerprint density at radius 2 is 2.04 bits per heavy atom. The van der Waals surface area contributed by atoms with E-state index in [9.17, 15) is 9.59 Å². The van der Waals surface area contributed by atoms with E-state index in [4.69, 9.17) is 9.47 Å². The molecular weight excluding hydrogens is 378 g/mol. The van der Waals surface area contributed by atoms with Crippen LogP contribution >= 0.6 is 11.3 Å². The maximum atomic E-state index is 12.3. The first-order chi connectivity index (χ1) is 13.5. The van der Waals surface area contributed by atoms with Gasteiger partial charge in [0.15, 0.2) is 11.7 Å². The minimum absolute atomic E-state index is 0.0286. The zero-order valence-corrected chi connectivity index (χ0v) is 17.0. The standard InChI is InChI=1S/C20H25N3O4S/c1-14(2)11-18(24)22-20-21-16(13-28-20)15-5-3-4-6-17(15)27-12-19(25)23-7-9-26-10-8-23/h3-6,13-14H,7-12H2,1-2H3,(H,21,22,24). The summed E-state index contributed by atoms with van der Waals surface area (Å²) in [7, 11) is 0. The van der Waals surface area contributed by atoms with Gasteiger partial charge >= 0.3 is 0 Å². The van der Waals surface area contributed by atoms with E-state index in [1.807, 2.05) is 43.5 Å². The number of aromatic nitrogens is 1. The van der Waals surface area contributed by atoms with Crippen molar-refractivity contribution in [2.24, 2.45) is 5.92 Å². The maximum absolute atomic E-state index is 12.3. The molecule has 0 spiro atoms. The van der Waals surface area contributed by atoms with Crippen molar-refractivity contribution in [1.29, 1.82) is 0 Å². The quantitative estimate of drug-likeness (QED) is 0.769. The molecule has 1 aromatic carbocycles. The van der Waals surface area contributed by atoms with Crippen LogP contribution in [0.4, 0.5) is 5.13 Å². The average Bonchev–Trinajstić information content (AvgIpc) is 3.14. The zero-order chi connectivity index (χ0) is 19.9. The number of ether oxygens (including phenoxy) is 2. The Morgan fingerprint density at radius 3 is 2.79 bits per heavy atom. The van der Waals surface area contributed by atoms with Crippen LogP contribution in [0.1, 0.15) is 20.3 Å². The van der Waals surface area contributed by atoms with Crippen LogP contribution in [-0.4, -0.2) is 54.6 Å². The normalized spacial score (nSPS) is 14.2. The first-order valence-electron chi connectivity index (χ1n) is 9.36. The molecule has 0 atom stereocenters. The van der Waals surface area contributed by atoms with Crippen LogP contribution in [0.5, 0.6) is 5.75 Å². The van der Waals surface area contributed by atoms with Gasteiger partial charge in [0.2, 0.25) is 5.91 Å². The van der Waals surface area contributed by atoms with Gasteiger partial charge in [0, 0.05) is 30.5 Å². The third-order valence-electron chi connectivity index (χ3n) is 4.22. The third kappa shape index (κ3) is 5.53. The van der Waals surface area contributed by atoms with Crippen LogP contribution in [0, 0.1) is 5.92 Å². The molecule has 1 aliphatic rings. The molecule has 1 aliphatic heterocycles. The summed E-state index contributed by atoms with van der Waals surface area (Å²) in [5.74, 6) is 0.779. The van der Waals surface area contributed by atoms with Crippen LogP contribution in [0.3, 0.4) is 0 Å². The van der Waals surface area contributed by atoms with Crippen LogP contribution < -0.4 is 10.1 Å². The number of rotatable bonds is 7. The van der Waals surface area contributed by atoms with Crippen molar-refractivity contribution >= 4 is 28.3 Å². The van der Waals surface area contributed by atoms with Crippen molar-refractivity contribution in [3.8, 4) is 17.0 Å². The van der Waals surface area contributed by atoms with Crippen molar-refractivity contribution in [3.05, 3.63) is 29.6 Å². The predicted molar refractivity (Wildman–Crippen MR) is 109 cm³/mol. The smallest absolute Gasteiger partial charge is 0.260 e. The maximum Gasteiger partial charge on any atom is 0.260 e. The topological polar surface area (TPSA) is 80.8 Å². The fourth-order valence-electron chi connectivity index (χ4n) is 2.84. The monoisotopic (exact) mass is 403 g/mol. The van der Waals surface area contributed by atoms with Crippen molar-refractivity contribution in [1.82, 2.24) is 9.88 Å². The van der Waals surface area contributed by atoms with Gasteiger partial charge in [0.25, 0.3) is 5.91 Å². The van der Waals surface area contributed by atoms with E-state index in [1.165, 1.54) is 11.3 Å². The fraction of sp³-hybridized carbons (Fsp3) is 0.450. The first-order valence-corrected chi connectivity index (χ1v) is 10.2. The lowest BCUT2D eigenvalue weighted by atomic mass is 10.1. The van der Waals surface area contributed by atoms with Crippen molar-refractivity contribution in [2.45, 2.75) is 20.3 Å². The van der Waals surface area contributed by atoms with Crippen molar-refractivity contribution < 1.29 is 19.1 Å². The van der Waals surface area contributed by atoms with Crippen LogP contribution in [0.25, 0.3) is 11.3 Å². The van der Waals surface area contributed by atoms with E-state index >= 15 is 0 Å². The highest BCUT2D eigenvalue weighted by Crippen LogP contribution is 2.32. The molecule has 0 radical (unpaired) electrons. The number of carbonyl (C=O) groups is 2. The van der Waals surface area contributed by atoms with Gasteiger partial charge in [-0.1, -0.05) is 26.0 Å². The summed E-state index contributed by atoms with van der Waals surface area (Å²) in [6, 6.07) is 7.46. The molecule has 0 aliphatic carbocycles. The molecule has 1 fully saturated rings. The molecule has 8 heteroatoms. The number of amides is 2. The second-order valence-electron chi connectivity index (χ2n) is 6.96. The number of nitrogens with zero attached hydrogens (tertiary/aromatic N) is 2. The molecule has 7 nitrogen and oxygen atoms in total. The molecule has 0 saturated carbocycles. The number of hydrogen-bond donors (Lipinski definition) is 1. The molecule has 0 unspecified atom stereocenters. The summed E-state index contributed by atoms with van der Waals surface area (Å²) in [5.41, 5.74) is 1.50. The van der Waals surface area contributed by atoms with Gasteiger partial charge < -0.3 is 19.7 Å². The molecule has 1 N–H and O–H groups in total. The lowest BCUT2D eigenvalue weighted by molar-refractivity contribution is -0.137. The summed E-state index contributed by atoms with van der Waals surface area (Å²) in [6.45, 7) is 6.28. The molecule has 1 saturated heterocycles. The third-order valence-corrected chi connectivity index (χ3v) is 4.98. The summed E-state index contributed by atoms with van der Waals surface area (Å²) in [6.07, 6.45) is 0.457. The van der Waals surface area contributed by atoms with Crippen LogP contribution in [0.2, 0.25) is 0 Å². The Balaban J connectivity index is 1.65. The van der Waals surface area contributed by atoms with Gasteiger partial charge in [-0.15, -0.1) is 11.3 Å². The number of anilines is 1. The van der Waals surface area contributed by atoms with E-state index in [2.05, 4.69) is 10.3 Å². The van der Waals surface area contributed by atoms with E-state index in [0.717, 1.165) is 5.56 Å². The second kappa shape index (κ2) is 9.66. The van der Waals surface area contributed by atoms with E-state index in [0.29, 0.717) is 49.3 Å². The Bertz CT molecular complexity index is 815. The summed E-state index contributed by atoms with van der Waals surface area (Å²) in [4.78, 5) is 30.5. The van der Waals surface area contributed by atoms with Gasteiger partial charge in [-0.2, -0.15) is 0 Å². The van der Waals surface area contributed by atoms with Crippen molar-refractivity contribution in [3.63, 3.8) is 0 Å². The number of para-hydroxylation sites is 1. The second-order valence-corrected chi connectivity index (χ2v) is 7.82. The Labute approximate surface area is 168 Å². The minimum Gasteiger partial charge on any atom is -0.483 e. The van der Waals surface area contributed by atoms with E-state index in [-0.39, 0.29) is 24.3 Å². The van der Waals surface area contributed by atoms with Crippen LogP contribution in [0.15, 0.2) is 29.6 Å². The summed E-state index contributed by atoms with van der Waals surface area (Å²) in [5, 5.41) is 5.26. The van der Waals surface area contributed by atoms with Crippen LogP contribution in [-0.2, 0) is 14.3 Å². The number of benzene rings is 1. The molecule has 150 valence electrons. The molecule has 3 rings (SSSR count). The van der Waals surface area contributed by atoms with Gasteiger partial charge in [-0.05, 0) is 18.1 Å². The number of morpholine rings is 1.